The Labute approximate surface area is 166 Å². The van der Waals surface area contributed by atoms with Crippen molar-refractivity contribution >= 4 is 23.1 Å². The molecule has 1 N–H and O–H groups in total. The fourth-order valence-electron chi connectivity index (χ4n) is 3.27. The molecule has 3 rings (SSSR count). The molecule has 1 aliphatic rings. The number of hydrogen-bond donors (Lipinski definition) is 1. The molecule has 0 unspecified atom stereocenters. The normalized spacial score (nSPS) is 14.3. The maximum atomic E-state index is 13.1. The van der Waals surface area contributed by atoms with Crippen molar-refractivity contribution < 1.29 is 14.3 Å². The first-order valence-electron chi connectivity index (χ1n) is 9.41. The van der Waals surface area contributed by atoms with Crippen molar-refractivity contribution in [3.8, 4) is 5.75 Å². The van der Waals surface area contributed by atoms with Crippen LogP contribution >= 0.6 is 0 Å². The molecule has 0 bridgehead atoms. The first kappa shape index (κ1) is 19.7. The van der Waals surface area contributed by atoms with E-state index in [1.165, 1.54) is 4.90 Å². The van der Waals surface area contributed by atoms with E-state index in [0.29, 0.717) is 29.1 Å². The van der Waals surface area contributed by atoms with Gasteiger partial charge in [0.25, 0.3) is 11.8 Å². The minimum atomic E-state index is -0.287. The number of nitrogens with zero attached hydrogens (tertiary/aromatic N) is 1. The van der Waals surface area contributed by atoms with E-state index in [2.05, 4.69) is 5.32 Å². The van der Waals surface area contributed by atoms with E-state index in [0.717, 1.165) is 16.8 Å². The molecule has 146 valence electrons. The van der Waals surface area contributed by atoms with Crippen molar-refractivity contribution in [3.63, 3.8) is 0 Å². The lowest BCUT2D eigenvalue weighted by molar-refractivity contribution is -0.137. The Morgan fingerprint density at radius 1 is 1.00 bits per heavy atom. The summed E-state index contributed by atoms with van der Waals surface area (Å²) in [6.45, 7) is 8.38. The number of imide groups is 1. The van der Waals surface area contributed by atoms with Crippen LogP contribution in [0.15, 0.2) is 48.2 Å². The zero-order chi connectivity index (χ0) is 20.4. The lowest BCUT2D eigenvalue weighted by Gasteiger charge is -2.18. The van der Waals surface area contributed by atoms with E-state index in [9.17, 15) is 9.59 Å². The van der Waals surface area contributed by atoms with Crippen molar-refractivity contribution in [1.82, 2.24) is 4.90 Å². The average molecular weight is 378 g/mol. The first-order chi connectivity index (χ1) is 13.3. The Kier molecular flexibility index (Phi) is 5.54. The van der Waals surface area contributed by atoms with Crippen molar-refractivity contribution in [2.45, 2.75) is 27.7 Å². The molecule has 28 heavy (non-hydrogen) atoms. The average Bonchev–Trinajstić information content (AvgIpc) is 2.89. The molecule has 0 saturated carbocycles. The maximum Gasteiger partial charge on any atom is 0.278 e. The Morgan fingerprint density at radius 3 is 2.29 bits per heavy atom. The Hall–Kier alpha value is -3.08. The van der Waals surface area contributed by atoms with E-state index >= 15 is 0 Å². The first-order valence-corrected chi connectivity index (χ1v) is 9.41. The maximum absolute atomic E-state index is 13.1. The number of nitrogens with one attached hydrogen (secondary N) is 1. The third-order valence-electron chi connectivity index (χ3n) is 4.96. The quantitative estimate of drug-likeness (QED) is 0.767. The van der Waals surface area contributed by atoms with Crippen LogP contribution in [-0.4, -0.2) is 30.4 Å². The van der Waals surface area contributed by atoms with E-state index in [4.69, 9.17) is 4.74 Å². The number of hydrogen-bond acceptors (Lipinski definition) is 4. The lowest BCUT2D eigenvalue weighted by Crippen LogP contribution is -2.35. The molecule has 5 nitrogen and oxygen atoms in total. The summed E-state index contributed by atoms with van der Waals surface area (Å²) in [4.78, 5) is 27.6. The monoisotopic (exact) mass is 378 g/mol. The van der Waals surface area contributed by atoms with Gasteiger partial charge in [0.05, 0.1) is 12.7 Å². The highest BCUT2D eigenvalue weighted by Crippen LogP contribution is 2.32. The molecule has 1 heterocycles. The van der Waals surface area contributed by atoms with E-state index in [1.54, 1.807) is 19.2 Å². The van der Waals surface area contributed by atoms with Crippen LogP contribution in [0.2, 0.25) is 0 Å². The van der Waals surface area contributed by atoms with Gasteiger partial charge in [-0.15, -0.1) is 0 Å². The van der Waals surface area contributed by atoms with Gasteiger partial charge in [-0.25, -0.2) is 0 Å². The summed E-state index contributed by atoms with van der Waals surface area (Å²) in [6, 6.07) is 13.1. The van der Waals surface area contributed by atoms with Gasteiger partial charge in [0.15, 0.2) is 0 Å². The predicted octanol–water partition coefficient (Wildman–Crippen LogP) is 4.16. The van der Waals surface area contributed by atoms with Crippen molar-refractivity contribution in [3.05, 3.63) is 64.9 Å². The largest absolute Gasteiger partial charge is 0.497 e. The molecule has 2 aromatic carbocycles. The smallest absolute Gasteiger partial charge is 0.278 e. The Bertz CT molecular complexity index is 943. The van der Waals surface area contributed by atoms with Gasteiger partial charge in [0.1, 0.15) is 11.4 Å². The van der Waals surface area contributed by atoms with Crippen LogP contribution in [0, 0.1) is 19.8 Å². The van der Waals surface area contributed by atoms with Gasteiger partial charge < -0.3 is 10.1 Å². The van der Waals surface area contributed by atoms with Crippen LogP contribution < -0.4 is 10.1 Å². The molecule has 2 amide bonds. The fraction of sp³-hybridized carbons (Fsp3) is 0.304. The van der Waals surface area contributed by atoms with Gasteiger partial charge in [-0.3, -0.25) is 14.5 Å². The lowest BCUT2D eigenvalue weighted by atomic mass is 10.0. The molecule has 0 aromatic heterocycles. The fourth-order valence-corrected chi connectivity index (χ4v) is 3.27. The van der Waals surface area contributed by atoms with Crippen LogP contribution in [0.1, 0.15) is 30.5 Å². The van der Waals surface area contributed by atoms with Gasteiger partial charge in [-0.05, 0) is 54.7 Å². The third kappa shape index (κ3) is 3.65. The third-order valence-corrected chi connectivity index (χ3v) is 4.96. The standard InChI is InChI=1S/C23H26N2O3/c1-14(2)13-25-22(26)20(17-9-11-18(28-5)12-10-17)21(23(25)27)24-19-8-6-7-15(3)16(19)4/h6-12,14,24H,13H2,1-5H3. The van der Waals surface area contributed by atoms with Gasteiger partial charge in [-0.2, -0.15) is 0 Å². The molecule has 0 radical (unpaired) electrons. The molecular weight excluding hydrogens is 352 g/mol. The van der Waals surface area contributed by atoms with Gasteiger partial charge in [-0.1, -0.05) is 38.1 Å². The number of aryl methyl sites for hydroxylation is 1. The molecule has 1 aliphatic heterocycles. The summed E-state index contributed by atoms with van der Waals surface area (Å²) in [6.07, 6.45) is 0. The summed E-state index contributed by atoms with van der Waals surface area (Å²) >= 11 is 0. The Balaban J connectivity index is 2.09. The minimum Gasteiger partial charge on any atom is -0.497 e. The number of benzene rings is 2. The number of anilines is 1. The highest BCUT2D eigenvalue weighted by atomic mass is 16.5. The van der Waals surface area contributed by atoms with Crippen LogP contribution in [0.5, 0.6) is 5.75 Å². The van der Waals surface area contributed by atoms with Crippen LogP contribution in [0.4, 0.5) is 5.69 Å². The number of amides is 2. The number of rotatable bonds is 6. The topological polar surface area (TPSA) is 58.6 Å². The van der Waals surface area contributed by atoms with Crippen molar-refractivity contribution in [2.24, 2.45) is 5.92 Å². The van der Waals surface area contributed by atoms with Crippen LogP contribution in [0.25, 0.3) is 5.57 Å². The summed E-state index contributed by atoms with van der Waals surface area (Å²) < 4.78 is 5.21. The summed E-state index contributed by atoms with van der Waals surface area (Å²) in [5.74, 6) is 0.330. The second-order valence-corrected chi connectivity index (χ2v) is 7.47. The van der Waals surface area contributed by atoms with E-state index in [-0.39, 0.29) is 17.7 Å². The molecule has 0 fully saturated rings. The molecule has 0 atom stereocenters. The summed E-state index contributed by atoms with van der Waals surface area (Å²) in [5.41, 5.74) is 4.41. The molecule has 0 saturated heterocycles. The number of ether oxygens (including phenoxy) is 1. The molecule has 0 aliphatic carbocycles. The summed E-state index contributed by atoms with van der Waals surface area (Å²) in [5, 5.41) is 3.25. The Morgan fingerprint density at radius 2 is 1.68 bits per heavy atom. The van der Waals surface area contributed by atoms with Gasteiger partial charge in [0.2, 0.25) is 0 Å². The van der Waals surface area contributed by atoms with Crippen molar-refractivity contribution in [1.29, 1.82) is 0 Å². The predicted molar refractivity (Wildman–Crippen MR) is 111 cm³/mol. The zero-order valence-corrected chi connectivity index (χ0v) is 17.0. The zero-order valence-electron chi connectivity index (χ0n) is 17.0. The molecule has 2 aromatic rings. The van der Waals surface area contributed by atoms with Gasteiger partial charge in [0, 0.05) is 12.2 Å². The number of methoxy groups -OCH3 is 1. The minimum absolute atomic E-state index is 0.185. The second kappa shape index (κ2) is 7.89. The second-order valence-electron chi connectivity index (χ2n) is 7.47. The highest BCUT2D eigenvalue weighted by Gasteiger charge is 2.39. The van der Waals surface area contributed by atoms with Crippen LogP contribution in [-0.2, 0) is 9.59 Å². The molecular formula is C23H26N2O3. The molecule has 0 spiro atoms. The SMILES string of the molecule is COc1ccc(C2=C(Nc3cccc(C)c3C)C(=O)N(CC(C)C)C2=O)cc1. The number of carbonyl (C=O) groups is 2. The van der Waals surface area contributed by atoms with Crippen LogP contribution in [0.3, 0.4) is 0 Å². The van der Waals surface area contributed by atoms with Crippen molar-refractivity contribution in [2.75, 3.05) is 19.0 Å². The molecule has 5 heteroatoms. The number of carbonyl (C=O) groups excluding carboxylic acids is 2. The highest BCUT2D eigenvalue weighted by molar-refractivity contribution is 6.36. The van der Waals surface area contributed by atoms with E-state index < -0.39 is 0 Å². The van der Waals surface area contributed by atoms with Gasteiger partial charge >= 0.3 is 0 Å². The van der Waals surface area contributed by atoms with E-state index in [1.807, 2.05) is 58.0 Å². The summed E-state index contributed by atoms with van der Waals surface area (Å²) in [7, 11) is 1.59.